The van der Waals surface area contributed by atoms with Crippen LogP contribution < -0.4 is 5.32 Å². The fourth-order valence-electron chi connectivity index (χ4n) is 4.49. The van der Waals surface area contributed by atoms with E-state index in [1.165, 1.54) is 19.5 Å². The van der Waals surface area contributed by atoms with Crippen LogP contribution in [0.3, 0.4) is 0 Å². The number of nitrogens with one attached hydrogen (secondary N) is 1. The molecule has 0 spiro atoms. The van der Waals surface area contributed by atoms with Crippen LogP contribution in [0, 0.1) is 17.8 Å². The number of likely N-dealkylation sites (tertiary alicyclic amines) is 1. The summed E-state index contributed by atoms with van der Waals surface area (Å²) < 4.78 is 6.41. The SMILES string of the molecule is CCNC1C(CN2CCC(C(C)C)C2)C(C)(C)OC1(C)C. The molecule has 3 atom stereocenters. The summed E-state index contributed by atoms with van der Waals surface area (Å²) >= 11 is 0. The molecule has 0 aliphatic carbocycles. The van der Waals surface area contributed by atoms with Crippen LogP contribution in [0.5, 0.6) is 0 Å². The van der Waals surface area contributed by atoms with Crippen molar-refractivity contribution in [1.82, 2.24) is 10.2 Å². The first-order valence-electron chi connectivity index (χ1n) is 8.83. The highest BCUT2D eigenvalue weighted by Crippen LogP contribution is 2.43. The summed E-state index contributed by atoms with van der Waals surface area (Å²) in [5, 5.41) is 3.70. The molecule has 2 aliphatic rings. The quantitative estimate of drug-likeness (QED) is 0.843. The van der Waals surface area contributed by atoms with Gasteiger partial charge in [0.05, 0.1) is 11.2 Å². The molecule has 0 bridgehead atoms. The Labute approximate surface area is 131 Å². The molecule has 3 heteroatoms. The first kappa shape index (κ1) is 17.2. The van der Waals surface area contributed by atoms with E-state index in [0.717, 1.165) is 24.9 Å². The van der Waals surface area contributed by atoms with Crippen LogP contribution in [0.15, 0.2) is 0 Å². The van der Waals surface area contributed by atoms with E-state index in [2.05, 4.69) is 58.7 Å². The molecule has 21 heavy (non-hydrogen) atoms. The van der Waals surface area contributed by atoms with Gasteiger partial charge in [-0.15, -0.1) is 0 Å². The smallest absolute Gasteiger partial charge is 0.0790 e. The van der Waals surface area contributed by atoms with E-state index in [0.29, 0.717) is 12.0 Å². The Hall–Kier alpha value is -0.120. The van der Waals surface area contributed by atoms with Gasteiger partial charge in [-0.05, 0) is 59.0 Å². The Morgan fingerprint density at radius 2 is 1.86 bits per heavy atom. The number of ether oxygens (including phenoxy) is 1. The molecular weight excluding hydrogens is 260 g/mol. The Morgan fingerprint density at radius 1 is 1.19 bits per heavy atom. The third-order valence-corrected chi connectivity index (χ3v) is 5.70. The summed E-state index contributed by atoms with van der Waals surface area (Å²) in [6, 6.07) is 0.440. The zero-order valence-corrected chi connectivity index (χ0v) is 15.2. The first-order chi connectivity index (χ1) is 9.67. The lowest BCUT2D eigenvalue weighted by Crippen LogP contribution is -2.50. The molecule has 1 N–H and O–H groups in total. The largest absolute Gasteiger partial charge is 0.368 e. The van der Waals surface area contributed by atoms with Crippen LogP contribution in [0.25, 0.3) is 0 Å². The molecule has 2 aliphatic heterocycles. The predicted octanol–water partition coefficient (Wildman–Crippen LogP) is 3.15. The summed E-state index contributed by atoms with van der Waals surface area (Å²) in [6.45, 7) is 20.6. The van der Waals surface area contributed by atoms with E-state index in [-0.39, 0.29) is 11.2 Å². The van der Waals surface area contributed by atoms with Crippen LogP contribution in [0.2, 0.25) is 0 Å². The van der Waals surface area contributed by atoms with Crippen molar-refractivity contribution in [2.75, 3.05) is 26.2 Å². The summed E-state index contributed by atoms with van der Waals surface area (Å²) in [7, 11) is 0. The van der Waals surface area contributed by atoms with Crippen LogP contribution in [-0.2, 0) is 4.74 Å². The Morgan fingerprint density at radius 3 is 2.38 bits per heavy atom. The van der Waals surface area contributed by atoms with E-state index in [1.54, 1.807) is 0 Å². The minimum atomic E-state index is -0.0820. The number of rotatable bonds is 5. The highest BCUT2D eigenvalue weighted by atomic mass is 16.5. The molecule has 0 amide bonds. The van der Waals surface area contributed by atoms with Crippen molar-refractivity contribution in [3.8, 4) is 0 Å². The highest BCUT2D eigenvalue weighted by molar-refractivity contribution is 5.06. The first-order valence-corrected chi connectivity index (χ1v) is 8.83. The third kappa shape index (κ3) is 3.62. The predicted molar refractivity (Wildman–Crippen MR) is 89.6 cm³/mol. The summed E-state index contributed by atoms with van der Waals surface area (Å²) in [4.78, 5) is 2.67. The standard InChI is InChI=1S/C18H36N2O/c1-8-19-16-15(17(4,5)21-18(16,6)7)12-20-10-9-14(11-20)13(2)3/h13-16,19H,8-12H2,1-7H3. The van der Waals surface area contributed by atoms with Crippen molar-refractivity contribution in [1.29, 1.82) is 0 Å². The van der Waals surface area contributed by atoms with Crippen LogP contribution in [0.4, 0.5) is 0 Å². The van der Waals surface area contributed by atoms with Crippen molar-refractivity contribution in [2.45, 2.75) is 72.1 Å². The number of hydrogen-bond donors (Lipinski definition) is 1. The topological polar surface area (TPSA) is 24.5 Å². The molecule has 0 aromatic heterocycles. The molecule has 0 saturated carbocycles. The molecule has 2 rings (SSSR count). The van der Waals surface area contributed by atoms with Gasteiger partial charge < -0.3 is 15.0 Å². The van der Waals surface area contributed by atoms with Gasteiger partial charge in [-0.1, -0.05) is 20.8 Å². The van der Waals surface area contributed by atoms with Gasteiger partial charge in [0, 0.05) is 25.0 Å². The maximum Gasteiger partial charge on any atom is 0.0790 e. The lowest BCUT2D eigenvalue weighted by molar-refractivity contribution is -0.0793. The van der Waals surface area contributed by atoms with Crippen molar-refractivity contribution < 1.29 is 4.74 Å². The van der Waals surface area contributed by atoms with Gasteiger partial charge in [0.15, 0.2) is 0 Å². The van der Waals surface area contributed by atoms with E-state index < -0.39 is 0 Å². The average Bonchev–Trinajstić information content (AvgIpc) is 2.86. The monoisotopic (exact) mass is 296 g/mol. The molecule has 3 unspecified atom stereocenters. The van der Waals surface area contributed by atoms with Crippen molar-refractivity contribution in [3.05, 3.63) is 0 Å². The van der Waals surface area contributed by atoms with E-state index in [1.807, 2.05) is 0 Å². The summed E-state index contributed by atoms with van der Waals surface area (Å²) in [5.74, 6) is 2.24. The molecule has 2 fully saturated rings. The lowest BCUT2D eigenvalue weighted by atomic mass is 9.82. The number of nitrogens with zero attached hydrogens (tertiary/aromatic N) is 1. The van der Waals surface area contributed by atoms with Crippen LogP contribution >= 0.6 is 0 Å². The average molecular weight is 296 g/mol. The van der Waals surface area contributed by atoms with Crippen molar-refractivity contribution in [2.24, 2.45) is 17.8 Å². The van der Waals surface area contributed by atoms with Gasteiger partial charge in [-0.3, -0.25) is 0 Å². The third-order valence-electron chi connectivity index (χ3n) is 5.70. The normalized spacial score (nSPS) is 35.7. The molecule has 124 valence electrons. The second kappa shape index (κ2) is 6.17. The Balaban J connectivity index is 2.06. The van der Waals surface area contributed by atoms with Gasteiger partial charge in [0.25, 0.3) is 0 Å². The summed E-state index contributed by atoms with van der Waals surface area (Å²) in [5.41, 5.74) is -0.131. The zero-order chi connectivity index (χ0) is 15.8. The fraction of sp³-hybridized carbons (Fsp3) is 1.00. The molecule has 0 aromatic rings. The molecule has 3 nitrogen and oxygen atoms in total. The van der Waals surface area contributed by atoms with Gasteiger partial charge in [-0.25, -0.2) is 0 Å². The second-order valence-electron chi connectivity index (χ2n) is 8.50. The van der Waals surface area contributed by atoms with Gasteiger partial charge >= 0.3 is 0 Å². The fourth-order valence-corrected chi connectivity index (χ4v) is 4.49. The molecular formula is C18H36N2O. The minimum Gasteiger partial charge on any atom is -0.368 e. The van der Waals surface area contributed by atoms with Crippen LogP contribution in [0.1, 0.15) is 54.9 Å². The van der Waals surface area contributed by atoms with Crippen LogP contribution in [-0.4, -0.2) is 48.3 Å². The maximum atomic E-state index is 6.41. The van der Waals surface area contributed by atoms with Gasteiger partial charge in [-0.2, -0.15) is 0 Å². The van der Waals surface area contributed by atoms with E-state index in [9.17, 15) is 0 Å². The van der Waals surface area contributed by atoms with Crippen molar-refractivity contribution in [3.63, 3.8) is 0 Å². The molecule has 2 heterocycles. The molecule has 2 saturated heterocycles. The van der Waals surface area contributed by atoms with E-state index >= 15 is 0 Å². The summed E-state index contributed by atoms with van der Waals surface area (Å²) in [6.07, 6.45) is 1.36. The number of hydrogen-bond acceptors (Lipinski definition) is 3. The Bertz CT molecular complexity index is 351. The molecule has 0 aromatic carbocycles. The van der Waals surface area contributed by atoms with Gasteiger partial charge in [0.2, 0.25) is 0 Å². The zero-order valence-electron chi connectivity index (χ0n) is 15.2. The minimum absolute atomic E-state index is 0.0494. The lowest BCUT2D eigenvalue weighted by Gasteiger charge is -2.33. The van der Waals surface area contributed by atoms with E-state index in [4.69, 9.17) is 4.74 Å². The number of likely N-dealkylation sites (N-methyl/N-ethyl adjacent to an activating group) is 1. The van der Waals surface area contributed by atoms with Gasteiger partial charge in [0.1, 0.15) is 0 Å². The van der Waals surface area contributed by atoms with Crippen molar-refractivity contribution >= 4 is 0 Å². The second-order valence-corrected chi connectivity index (χ2v) is 8.50. The maximum absolute atomic E-state index is 6.41. The highest BCUT2D eigenvalue weighted by Gasteiger charge is 2.53. The molecule has 0 radical (unpaired) electrons. The Kier molecular flexibility index (Phi) is 5.07.